The van der Waals surface area contributed by atoms with E-state index in [1.54, 1.807) is 26.8 Å². The Hall–Kier alpha value is -2.02. The molecule has 6 nitrogen and oxygen atoms in total. The van der Waals surface area contributed by atoms with Crippen LogP contribution in [0.5, 0.6) is 0 Å². The van der Waals surface area contributed by atoms with Crippen LogP contribution in [0.4, 0.5) is 9.80 Å². The van der Waals surface area contributed by atoms with Gasteiger partial charge in [-0.3, -0.25) is 10.1 Å². The van der Waals surface area contributed by atoms with Gasteiger partial charge in [-0.1, -0.05) is 13.3 Å². The highest BCUT2D eigenvalue weighted by Gasteiger charge is 2.24. The van der Waals surface area contributed by atoms with Gasteiger partial charge in [0.05, 0.1) is 12.2 Å². The minimum Gasteiger partial charge on any atom is -0.498 e. The van der Waals surface area contributed by atoms with Crippen LogP contribution in [0.25, 0.3) is 5.57 Å². The third kappa shape index (κ3) is 6.27. The molecule has 2 rings (SSSR count). The highest BCUT2D eigenvalue weighted by atomic mass is 32.1. The molecule has 0 unspecified atom stereocenters. The molecule has 0 saturated carbocycles. The Morgan fingerprint density at radius 1 is 1.26 bits per heavy atom. The summed E-state index contributed by atoms with van der Waals surface area (Å²) in [5, 5.41) is 3.08. The number of unbranched alkanes of at least 4 members (excludes halogenated alkanes) is 1. The van der Waals surface area contributed by atoms with Crippen molar-refractivity contribution in [2.75, 3.05) is 11.9 Å². The first-order chi connectivity index (χ1) is 12.7. The molecule has 27 heavy (non-hydrogen) atoms. The highest BCUT2D eigenvalue weighted by Crippen LogP contribution is 2.40. The number of allylic oxidation sites excluding steroid dienone is 2. The molecule has 0 fully saturated rings. The highest BCUT2D eigenvalue weighted by molar-refractivity contribution is 7.17. The molecule has 0 atom stereocenters. The van der Waals surface area contributed by atoms with Crippen molar-refractivity contribution in [3.63, 3.8) is 0 Å². The van der Waals surface area contributed by atoms with Crippen molar-refractivity contribution in [3.8, 4) is 0 Å². The lowest BCUT2D eigenvalue weighted by Gasteiger charge is -2.20. The van der Waals surface area contributed by atoms with E-state index in [4.69, 9.17) is 15.2 Å². The second-order valence-electron chi connectivity index (χ2n) is 7.66. The van der Waals surface area contributed by atoms with E-state index in [0.29, 0.717) is 17.2 Å². The standard InChI is InChI=1S/C20H30N2O4S/c1-5-6-11-25-15-10-8-7-9-13(15)16-12-14(17(21)23)18(27-16)22-19(24)26-20(2,3)4/h12H,5-11H2,1-4H3,(H2,21,23)(H,22,24). The van der Waals surface area contributed by atoms with Gasteiger partial charge in [-0.05, 0) is 52.5 Å². The summed E-state index contributed by atoms with van der Waals surface area (Å²) in [6, 6.07) is 1.75. The predicted molar refractivity (Wildman–Crippen MR) is 109 cm³/mol. The Labute approximate surface area is 165 Å². The number of hydrogen-bond donors (Lipinski definition) is 2. The van der Waals surface area contributed by atoms with Gasteiger partial charge in [0.2, 0.25) is 0 Å². The van der Waals surface area contributed by atoms with Crippen LogP contribution in [0, 0.1) is 0 Å². The maximum Gasteiger partial charge on any atom is 0.412 e. The SMILES string of the molecule is CCCCOC1=C(c2cc(C(N)=O)c(NC(=O)OC(C)(C)C)s2)CCCC1. The number of nitrogens with two attached hydrogens (primary N) is 1. The van der Waals surface area contributed by atoms with Crippen LogP contribution in [-0.2, 0) is 9.47 Å². The van der Waals surface area contributed by atoms with Gasteiger partial charge in [-0.2, -0.15) is 0 Å². The number of carbonyl (C=O) groups is 2. The molecule has 1 aliphatic carbocycles. The quantitative estimate of drug-likeness (QED) is 0.614. The van der Waals surface area contributed by atoms with Crippen molar-refractivity contribution < 1.29 is 19.1 Å². The average molecular weight is 395 g/mol. The van der Waals surface area contributed by atoms with Gasteiger partial charge in [-0.15, -0.1) is 11.3 Å². The minimum atomic E-state index is -0.622. The first-order valence-electron chi connectivity index (χ1n) is 9.50. The number of anilines is 1. The van der Waals surface area contributed by atoms with E-state index in [1.807, 2.05) is 0 Å². The summed E-state index contributed by atoms with van der Waals surface area (Å²) in [4.78, 5) is 24.9. The Balaban J connectivity index is 2.28. The second-order valence-corrected chi connectivity index (χ2v) is 8.71. The summed E-state index contributed by atoms with van der Waals surface area (Å²) < 4.78 is 11.3. The molecule has 7 heteroatoms. The number of amides is 2. The largest absolute Gasteiger partial charge is 0.498 e. The number of carbonyl (C=O) groups excluding carboxylic acids is 2. The zero-order valence-corrected chi connectivity index (χ0v) is 17.5. The smallest absolute Gasteiger partial charge is 0.412 e. The molecule has 0 spiro atoms. The molecule has 0 aliphatic heterocycles. The minimum absolute atomic E-state index is 0.298. The van der Waals surface area contributed by atoms with E-state index in [2.05, 4.69) is 12.2 Å². The van der Waals surface area contributed by atoms with E-state index in [0.717, 1.165) is 54.7 Å². The van der Waals surface area contributed by atoms with Crippen LogP contribution in [-0.4, -0.2) is 24.2 Å². The lowest BCUT2D eigenvalue weighted by molar-refractivity contribution is 0.0636. The van der Waals surface area contributed by atoms with Gasteiger partial charge in [0.25, 0.3) is 5.91 Å². The molecule has 1 aromatic heterocycles. The molecule has 1 aliphatic rings. The fraction of sp³-hybridized carbons (Fsp3) is 0.600. The van der Waals surface area contributed by atoms with E-state index < -0.39 is 17.6 Å². The summed E-state index contributed by atoms with van der Waals surface area (Å²) >= 11 is 1.34. The van der Waals surface area contributed by atoms with Crippen molar-refractivity contribution in [3.05, 3.63) is 22.3 Å². The molecular weight excluding hydrogens is 364 g/mol. The van der Waals surface area contributed by atoms with Crippen LogP contribution in [0.15, 0.2) is 11.8 Å². The van der Waals surface area contributed by atoms with Gasteiger partial charge in [0, 0.05) is 16.9 Å². The van der Waals surface area contributed by atoms with Gasteiger partial charge < -0.3 is 15.2 Å². The first-order valence-corrected chi connectivity index (χ1v) is 10.3. The van der Waals surface area contributed by atoms with Crippen LogP contribution >= 0.6 is 11.3 Å². The maximum atomic E-state index is 12.1. The zero-order chi connectivity index (χ0) is 20.0. The van der Waals surface area contributed by atoms with E-state index in [1.165, 1.54) is 11.3 Å². The summed E-state index contributed by atoms with van der Waals surface area (Å²) in [7, 11) is 0. The number of rotatable bonds is 7. The molecular formula is C20H30N2O4S. The molecule has 0 bridgehead atoms. The summed E-state index contributed by atoms with van der Waals surface area (Å²) in [6.45, 7) is 8.19. The van der Waals surface area contributed by atoms with Crippen molar-refractivity contribution >= 4 is 33.9 Å². The summed E-state index contributed by atoms with van der Waals surface area (Å²) in [6.07, 6.45) is 5.46. The van der Waals surface area contributed by atoms with Crippen LogP contribution in [0.1, 0.15) is 81.5 Å². The second kappa shape index (κ2) is 9.26. The van der Waals surface area contributed by atoms with Crippen LogP contribution < -0.4 is 11.1 Å². The van der Waals surface area contributed by atoms with E-state index >= 15 is 0 Å². The molecule has 150 valence electrons. The van der Waals surface area contributed by atoms with Crippen molar-refractivity contribution in [2.45, 2.75) is 71.8 Å². The first kappa shape index (κ1) is 21.3. The molecule has 0 aromatic carbocycles. The number of hydrogen-bond acceptors (Lipinski definition) is 5. The van der Waals surface area contributed by atoms with Crippen molar-refractivity contribution in [1.29, 1.82) is 0 Å². The third-order valence-electron chi connectivity index (χ3n) is 4.10. The molecule has 0 saturated heterocycles. The maximum absolute atomic E-state index is 12.1. The fourth-order valence-electron chi connectivity index (χ4n) is 2.85. The van der Waals surface area contributed by atoms with Crippen molar-refractivity contribution in [2.24, 2.45) is 5.73 Å². The van der Waals surface area contributed by atoms with Crippen molar-refractivity contribution in [1.82, 2.24) is 0 Å². The van der Waals surface area contributed by atoms with E-state index in [9.17, 15) is 9.59 Å². The fourth-order valence-corrected chi connectivity index (χ4v) is 3.99. The number of nitrogens with one attached hydrogen (secondary N) is 1. The lowest BCUT2D eigenvalue weighted by atomic mass is 9.96. The molecule has 2 amide bonds. The topological polar surface area (TPSA) is 90.6 Å². The molecule has 1 heterocycles. The Morgan fingerprint density at radius 2 is 1.96 bits per heavy atom. The zero-order valence-electron chi connectivity index (χ0n) is 16.6. The Bertz CT molecular complexity index is 716. The number of ether oxygens (including phenoxy) is 2. The summed E-state index contributed by atoms with van der Waals surface area (Å²) in [5.41, 5.74) is 6.31. The van der Waals surface area contributed by atoms with E-state index in [-0.39, 0.29) is 0 Å². The predicted octanol–water partition coefficient (Wildman–Crippen LogP) is 5.30. The van der Waals surface area contributed by atoms with Gasteiger partial charge in [-0.25, -0.2) is 4.79 Å². The lowest BCUT2D eigenvalue weighted by Crippen LogP contribution is -2.27. The molecule has 0 radical (unpaired) electrons. The average Bonchev–Trinajstić information content (AvgIpc) is 2.97. The number of thiophene rings is 1. The Kier molecular flexibility index (Phi) is 7.30. The van der Waals surface area contributed by atoms with Gasteiger partial charge in [0.15, 0.2) is 0 Å². The summed E-state index contributed by atoms with van der Waals surface area (Å²) in [5.74, 6) is 0.421. The van der Waals surface area contributed by atoms with Crippen LogP contribution in [0.3, 0.4) is 0 Å². The molecule has 3 N–H and O–H groups in total. The normalized spacial score (nSPS) is 14.8. The van der Waals surface area contributed by atoms with Crippen LogP contribution in [0.2, 0.25) is 0 Å². The van der Waals surface area contributed by atoms with Gasteiger partial charge >= 0.3 is 6.09 Å². The van der Waals surface area contributed by atoms with Gasteiger partial charge in [0.1, 0.15) is 16.4 Å². The number of primary amides is 1. The third-order valence-corrected chi connectivity index (χ3v) is 5.21. The Morgan fingerprint density at radius 3 is 2.59 bits per heavy atom. The molecule has 1 aromatic rings. The monoisotopic (exact) mass is 394 g/mol.